The van der Waals surface area contributed by atoms with E-state index < -0.39 is 0 Å². The monoisotopic (exact) mass is 403 g/mol. The van der Waals surface area contributed by atoms with Gasteiger partial charge in [0.2, 0.25) is 0 Å². The van der Waals surface area contributed by atoms with Gasteiger partial charge in [-0.2, -0.15) is 0 Å². The van der Waals surface area contributed by atoms with Crippen molar-refractivity contribution in [2.75, 3.05) is 18.9 Å². The van der Waals surface area contributed by atoms with E-state index in [2.05, 4.69) is 0 Å². The van der Waals surface area contributed by atoms with Crippen LogP contribution in [0.2, 0.25) is 0 Å². The Bertz CT molecular complexity index is 666. The smallest absolute Gasteiger partial charge is 0.162 e. The van der Waals surface area contributed by atoms with E-state index in [0.717, 1.165) is 10.6 Å². The topological polar surface area (TPSA) is 44.5 Å². The van der Waals surface area contributed by atoms with E-state index in [1.165, 1.54) is 17.8 Å². The molecule has 1 aliphatic rings. The third-order valence-corrected chi connectivity index (χ3v) is 4.68. The van der Waals surface area contributed by atoms with E-state index in [1.807, 2.05) is 40.8 Å². The molecule has 0 spiro atoms. The van der Waals surface area contributed by atoms with Crippen molar-refractivity contribution in [1.29, 1.82) is 0 Å². The lowest BCUT2D eigenvalue weighted by Gasteiger charge is -2.18. The molecule has 0 amide bonds. The molecule has 0 saturated carbocycles. The molecule has 0 bridgehead atoms. The van der Waals surface area contributed by atoms with E-state index in [1.54, 1.807) is 6.07 Å². The van der Waals surface area contributed by atoms with Crippen molar-refractivity contribution in [1.82, 2.24) is 0 Å². The number of hydrogen-bond acceptors (Lipinski definition) is 4. The molecular formula is C14H11FINO2S. The minimum atomic E-state index is -0.264. The van der Waals surface area contributed by atoms with Crippen LogP contribution < -0.4 is 15.2 Å². The van der Waals surface area contributed by atoms with Gasteiger partial charge in [-0.25, -0.2) is 4.39 Å². The van der Waals surface area contributed by atoms with Gasteiger partial charge in [0.05, 0.1) is 3.57 Å². The fourth-order valence-electron chi connectivity index (χ4n) is 1.85. The van der Waals surface area contributed by atoms with Gasteiger partial charge in [0.25, 0.3) is 0 Å². The summed E-state index contributed by atoms with van der Waals surface area (Å²) >= 11 is 3.33. The Balaban J connectivity index is 1.89. The van der Waals surface area contributed by atoms with E-state index >= 15 is 0 Å². The lowest BCUT2D eigenvalue weighted by Crippen LogP contribution is -2.15. The van der Waals surface area contributed by atoms with Crippen LogP contribution in [0.5, 0.6) is 11.5 Å². The van der Waals surface area contributed by atoms with Gasteiger partial charge < -0.3 is 15.2 Å². The molecule has 0 saturated heterocycles. The molecule has 0 aromatic heterocycles. The van der Waals surface area contributed by atoms with Crippen molar-refractivity contribution < 1.29 is 13.9 Å². The summed E-state index contributed by atoms with van der Waals surface area (Å²) in [6.45, 7) is 1.11. The largest absolute Gasteiger partial charge is 0.486 e. The summed E-state index contributed by atoms with van der Waals surface area (Å²) in [6, 6.07) is 8.74. The summed E-state index contributed by atoms with van der Waals surface area (Å²) in [6.07, 6.45) is 0. The molecule has 104 valence electrons. The Kier molecular flexibility index (Phi) is 3.93. The molecule has 0 fully saturated rings. The highest BCUT2D eigenvalue weighted by atomic mass is 127. The van der Waals surface area contributed by atoms with Crippen molar-refractivity contribution >= 4 is 40.0 Å². The molecule has 20 heavy (non-hydrogen) atoms. The molecule has 2 aromatic rings. The Morgan fingerprint density at radius 2 is 1.85 bits per heavy atom. The van der Waals surface area contributed by atoms with Crippen LogP contribution in [-0.4, -0.2) is 13.2 Å². The maximum atomic E-state index is 13.6. The molecule has 1 heterocycles. The fraction of sp³-hybridized carbons (Fsp3) is 0.143. The lowest BCUT2D eigenvalue weighted by molar-refractivity contribution is 0.171. The Labute approximate surface area is 133 Å². The highest BCUT2D eigenvalue weighted by Gasteiger charge is 2.13. The minimum absolute atomic E-state index is 0.264. The highest BCUT2D eigenvalue weighted by Crippen LogP contribution is 2.39. The molecule has 3 rings (SSSR count). The Hall–Kier alpha value is -1.15. The van der Waals surface area contributed by atoms with Crippen LogP contribution in [0.25, 0.3) is 0 Å². The van der Waals surface area contributed by atoms with Gasteiger partial charge in [0.1, 0.15) is 19.0 Å². The zero-order chi connectivity index (χ0) is 14.1. The second kappa shape index (κ2) is 5.69. The molecular weight excluding hydrogens is 392 g/mol. The van der Waals surface area contributed by atoms with Gasteiger partial charge in [0.15, 0.2) is 11.5 Å². The summed E-state index contributed by atoms with van der Waals surface area (Å²) in [5.74, 6) is 1.19. The first-order chi connectivity index (χ1) is 9.63. The summed E-state index contributed by atoms with van der Waals surface area (Å²) in [7, 11) is 0. The number of fused-ring (bicyclic) bond motifs is 1. The van der Waals surface area contributed by atoms with Crippen LogP contribution in [0.1, 0.15) is 0 Å². The van der Waals surface area contributed by atoms with Gasteiger partial charge >= 0.3 is 0 Å². The third-order valence-electron chi connectivity index (χ3n) is 2.79. The Morgan fingerprint density at radius 1 is 1.10 bits per heavy atom. The standard InChI is InChI=1S/C14H11FINO2S/c15-9-6-14(11(17)7-10(9)16)20-8-1-2-12-13(5-8)19-4-3-18-12/h1-2,5-7H,3-4,17H2. The van der Waals surface area contributed by atoms with Crippen molar-refractivity contribution in [3.63, 3.8) is 0 Å². The van der Waals surface area contributed by atoms with Gasteiger partial charge in [-0.05, 0) is 52.9 Å². The number of anilines is 1. The van der Waals surface area contributed by atoms with E-state index in [9.17, 15) is 4.39 Å². The molecule has 3 nitrogen and oxygen atoms in total. The maximum Gasteiger partial charge on any atom is 0.162 e. The number of ether oxygens (including phenoxy) is 2. The zero-order valence-electron chi connectivity index (χ0n) is 10.4. The summed E-state index contributed by atoms with van der Waals surface area (Å²) in [5, 5.41) is 0. The first-order valence-corrected chi connectivity index (χ1v) is 7.85. The zero-order valence-corrected chi connectivity index (χ0v) is 13.3. The minimum Gasteiger partial charge on any atom is -0.486 e. The summed E-state index contributed by atoms with van der Waals surface area (Å²) in [5.41, 5.74) is 6.49. The van der Waals surface area contributed by atoms with Crippen LogP contribution >= 0.6 is 34.4 Å². The fourth-order valence-corrected chi connectivity index (χ4v) is 3.23. The third kappa shape index (κ3) is 2.80. The van der Waals surface area contributed by atoms with Crippen molar-refractivity contribution in [3.05, 3.63) is 39.7 Å². The molecule has 0 atom stereocenters. The lowest BCUT2D eigenvalue weighted by atomic mass is 10.3. The second-order valence-electron chi connectivity index (χ2n) is 4.21. The van der Waals surface area contributed by atoms with Crippen molar-refractivity contribution in [3.8, 4) is 11.5 Å². The van der Waals surface area contributed by atoms with Gasteiger partial charge in [-0.1, -0.05) is 11.8 Å². The van der Waals surface area contributed by atoms with E-state index in [4.69, 9.17) is 15.2 Å². The Morgan fingerprint density at radius 3 is 2.65 bits per heavy atom. The number of nitrogen functional groups attached to an aromatic ring is 1. The molecule has 1 aliphatic heterocycles. The predicted molar refractivity (Wildman–Crippen MR) is 85.1 cm³/mol. The van der Waals surface area contributed by atoms with Gasteiger partial charge in [-0.3, -0.25) is 0 Å². The van der Waals surface area contributed by atoms with Crippen LogP contribution in [0.4, 0.5) is 10.1 Å². The van der Waals surface area contributed by atoms with E-state index in [-0.39, 0.29) is 5.82 Å². The molecule has 6 heteroatoms. The number of nitrogens with two attached hydrogens (primary N) is 1. The maximum absolute atomic E-state index is 13.6. The van der Waals surface area contributed by atoms with Crippen molar-refractivity contribution in [2.24, 2.45) is 0 Å². The number of rotatable bonds is 2. The van der Waals surface area contributed by atoms with Gasteiger partial charge in [0, 0.05) is 15.5 Å². The number of benzene rings is 2. The van der Waals surface area contributed by atoms with Crippen LogP contribution in [0, 0.1) is 9.39 Å². The quantitative estimate of drug-likeness (QED) is 0.610. The average molecular weight is 403 g/mol. The molecule has 0 radical (unpaired) electrons. The van der Waals surface area contributed by atoms with Crippen molar-refractivity contribution in [2.45, 2.75) is 9.79 Å². The van der Waals surface area contributed by atoms with Crippen LogP contribution in [-0.2, 0) is 0 Å². The first-order valence-electron chi connectivity index (χ1n) is 5.95. The molecule has 0 aliphatic carbocycles. The van der Waals surface area contributed by atoms with Crippen LogP contribution in [0.3, 0.4) is 0 Å². The predicted octanol–water partition coefficient (Wildman–Crippen LogP) is 3.93. The number of halogens is 2. The summed E-state index contributed by atoms with van der Waals surface area (Å²) < 4.78 is 25.1. The molecule has 0 unspecified atom stereocenters. The molecule has 2 aromatic carbocycles. The first kappa shape index (κ1) is 13.8. The second-order valence-corrected chi connectivity index (χ2v) is 6.49. The van der Waals surface area contributed by atoms with E-state index in [0.29, 0.717) is 33.1 Å². The SMILES string of the molecule is Nc1cc(I)c(F)cc1Sc1ccc2c(c1)OCCO2. The summed E-state index contributed by atoms with van der Waals surface area (Å²) in [4.78, 5) is 1.63. The van der Waals surface area contributed by atoms with Crippen LogP contribution in [0.15, 0.2) is 40.1 Å². The molecule has 2 N–H and O–H groups in total. The average Bonchev–Trinajstić information content (AvgIpc) is 2.44. The van der Waals surface area contributed by atoms with Gasteiger partial charge in [-0.15, -0.1) is 0 Å². The number of hydrogen-bond donors (Lipinski definition) is 1. The normalized spacial score (nSPS) is 13.3. The highest BCUT2D eigenvalue weighted by molar-refractivity contribution is 14.1.